The number of amides is 1. The summed E-state index contributed by atoms with van der Waals surface area (Å²) in [7, 11) is 1.57. The molecule has 142 valence electrons. The second-order valence-electron chi connectivity index (χ2n) is 6.18. The van der Waals surface area contributed by atoms with E-state index in [0.29, 0.717) is 16.4 Å². The number of hydrogen-bond donors (Lipinski definition) is 1. The highest BCUT2D eigenvalue weighted by molar-refractivity contribution is 7.14. The van der Waals surface area contributed by atoms with Crippen LogP contribution in [0.3, 0.4) is 0 Å². The lowest BCUT2D eigenvalue weighted by Crippen LogP contribution is -2.28. The van der Waals surface area contributed by atoms with Gasteiger partial charge in [0, 0.05) is 22.0 Å². The fourth-order valence-electron chi connectivity index (χ4n) is 3.26. The number of aryl methyl sites for hydroxylation is 1. The molecule has 0 spiro atoms. The lowest BCUT2D eigenvalue weighted by atomic mass is 9.99. The van der Waals surface area contributed by atoms with E-state index in [1.54, 1.807) is 36.9 Å². The Morgan fingerprint density at radius 2 is 2.04 bits per heavy atom. The van der Waals surface area contributed by atoms with E-state index in [0.717, 1.165) is 10.4 Å². The predicted molar refractivity (Wildman–Crippen MR) is 109 cm³/mol. The number of methoxy groups -OCH3 is 1. The van der Waals surface area contributed by atoms with E-state index in [1.807, 2.05) is 24.4 Å². The molecule has 3 aromatic rings. The molecule has 3 heterocycles. The molecule has 1 saturated heterocycles. The van der Waals surface area contributed by atoms with Crippen molar-refractivity contribution in [3.8, 4) is 5.75 Å². The molecule has 1 aromatic carbocycles. The van der Waals surface area contributed by atoms with Crippen molar-refractivity contribution >= 4 is 45.3 Å². The molecule has 6 nitrogen and oxygen atoms in total. The van der Waals surface area contributed by atoms with E-state index in [1.165, 1.54) is 27.6 Å². The van der Waals surface area contributed by atoms with E-state index in [4.69, 9.17) is 4.74 Å². The number of carbonyl (C=O) groups excluding carboxylic acids is 2. The average molecular weight is 412 g/mol. The zero-order valence-electron chi connectivity index (χ0n) is 15.1. The summed E-state index contributed by atoms with van der Waals surface area (Å²) in [6.07, 6.45) is 1.58. The molecule has 2 aromatic heterocycles. The molecule has 4 rings (SSSR count). The smallest absolute Gasteiger partial charge is 0.301 e. The number of aliphatic hydroxyl groups is 1. The van der Waals surface area contributed by atoms with Crippen molar-refractivity contribution in [3.63, 3.8) is 0 Å². The second kappa shape index (κ2) is 7.21. The van der Waals surface area contributed by atoms with E-state index in [2.05, 4.69) is 4.98 Å². The van der Waals surface area contributed by atoms with Crippen LogP contribution in [0.15, 0.2) is 52.9 Å². The fourth-order valence-corrected chi connectivity index (χ4v) is 4.75. The van der Waals surface area contributed by atoms with Crippen molar-refractivity contribution < 1.29 is 19.4 Å². The standard InChI is InChI=1S/C20H16N2O4S2/c1-11-10-12(5-6-13(11)26-2)17(23)15-16(14-4-3-8-27-14)22(19(25)18(15)24)20-21-7-9-28-20/h3-10,16,23H,1-2H3. The van der Waals surface area contributed by atoms with Crippen LogP contribution in [-0.4, -0.2) is 28.9 Å². The van der Waals surface area contributed by atoms with Gasteiger partial charge in [0.2, 0.25) is 0 Å². The van der Waals surface area contributed by atoms with Gasteiger partial charge in [0.1, 0.15) is 17.6 Å². The van der Waals surface area contributed by atoms with Gasteiger partial charge in [-0.1, -0.05) is 6.07 Å². The van der Waals surface area contributed by atoms with Crippen molar-refractivity contribution in [2.45, 2.75) is 13.0 Å². The Morgan fingerprint density at radius 1 is 1.21 bits per heavy atom. The number of anilines is 1. The van der Waals surface area contributed by atoms with Gasteiger partial charge in [0.15, 0.2) is 5.13 Å². The van der Waals surface area contributed by atoms with Gasteiger partial charge in [-0.05, 0) is 42.1 Å². The van der Waals surface area contributed by atoms with Crippen LogP contribution in [0.5, 0.6) is 5.75 Å². The average Bonchev–Trinajstić information content (AvgIpc) is 3.43. The van der Waals surface area contributed by atoms with Crippen LogP contribution in [0, 0.1) is 6.92 Å². The van der Waals surface area contributed by atoms with Gasteiger partial charge < -0.3 is 9.84 Å². The molecule has 1 atom stereocenters. The number of rotatable bonds is 4. The lowest BCUT2D eigenvalue weighted by molar-refractivity contribution is -0.132. The number of benzene rings is 1. The fraction of sp³-hybridized carbons (Fsp3) is 0.150. The summed E-state index contributed by atoms with van der Waals surface area (Å²) in [6, 6.07) is 8.10. The number of ketones is 1. The highest BCUT2D eigenvalue weighted by atomic mass is 32.1. The summed E-state index contributed by atoms with van der Waals surface area (Å²) in [6.45, 7) is 1.85. The van der Waals surface area contributed by atoms with Gasteiger partial charge in [-0.2, -0.15) is 0 Å². The number of carbonyl (C=O) groups is 2. The third kappa shape index (κ3) is 2.90. The highest BCUT2D eigenvalue weighted by Crippen LogP contribution is 2.44. The first-order chi connectivity index (χ1) is 13.5. The summed E-state index contributed by atoms with van der Waals surface area (Å²) in [5.41, 5.74) is 1.33. The number of hydrogen-bond acceptors (Lipinski definition) is 7. The van der Waals surface area contributed by atoms with Crippen molar-refractivity contribution in [2.24, 2.45) is 0 Å². The van der Waals surface area contributed by atoms with Crippen LogP contribution < -0.4 is 9.64 Å². The number of thiazole rings is 1. The third-order valence-corrected chi connectivity index (χ3v) is 6.25. The molecule has 1 amide bonds. The highest BCUT2D eigenvalue weighted by Gasteiger charge is 2.48. The number of aromatic nitrogens is 1. The normalized spacial score (nSPS) is 18.6. The summed E-state index contributed by atoms with van der Waals surface area (Å²) < 4.78 is 5.26. The SMILES string of the molecule is COc1ccc(C(O)=C2C(=O)C(=O)N(c3nccs3)C2c2cccs2)cc1C. The monoisotopic (exact) mass is 412 g/mol. The molecule has 0 aliphatic carbocycles. The Kier molecular flexibility index (Phi) is 4.74. The first kappa shape index (κ1) is 18.4. The first-order valence-corrected chi connectivity index (χ1v) is 10.2. The molecule has 28 heavy (non-hydrogen) atoms. The number of nitrogens with zero attached hydrogens (tertiary/aromatic N) is 2. The van der Waals surface area contributed by atoms with Gasteiger partial charge in [0.25, 0.3) is 5.78 Å². The molecule has 1 unspecified atom stereocenters. The van der Waals surface area contributed by atoms with Crippen LogP contribution in [0.1, 0.15) is 22.0 Å². The number of aliphatic hydroxyl groups excluding tert-OH is 1. The van der Waals surface area contributed by atoms with Gasteiger partial charge in [-0.15, -0.1) is 22.7 Å². The van der Waals surface area contributed by atoms with Crippen LogP contribution in [0.2, 0.25) is 0 Å². The van der Waals surface area contributed by atoms with Crippen molar-refractivity contribution in [1.29, 1.82) is 0 Å². The van der Waals surface area contributed by atoms with Crippen LogP contribution in [0.4, 0.5) is 5.13 Å². The van der Waals surface area contributed by atoms with Crippen LogP contribution in [0.25, 0.3) is 5.76 Å². The molecule has 0 saturated carbocycles. The summed E-state index contributed by atoms with van der Waals surface area (Å²) in [4.78, 5) is 32.0. The number of thiophene rings is 1. The van der Waals surface area contributed by atoms with Crippen molar-refractivity contribution in [1.82, 2.24) is 4.98 Å². The number of ether oxygens (including phenoxy) is 1. The van der Waals surface area contributed by atoms with Gasteiger partial charge in [-0.25, -0.2) is 4.98 Å². The Morgan fingerprint density at radius 3 is 2.64 bits per heavy atom. The molecule has 1 N–H and O–H groups in total. The van der Waals surface area contributed by atoms with Crippen LogP contribution in [-0.2, 0) is 9.59 Å². The minimum Gasteiger partial charge on any atom is -0.507 e. The molecule has 1 aliphatic heterocycles. The molecule has 8 heteroatoms. The van der Waals surface area contributed by atoms with Crippen LogP contribution >= 0.6 is 22.7 Å². The predicted octanol–water partition coefficient (Wildman–Crippen LogP) is 4.15. The van der Waals surface area contributed by atoms with E-state index < -0.39 is 17.7 Å². The maximum absolute atomic E-state index is 12.9. The minimum absolute atomic E-state index is 0.0622. The van der Waals surface area contributed by atoms with Gasteiger partial charge in [-0.3, -0.25) is 14.5 Å². The summed E-state index contributed by atoms with van der Waals surface area (Å²) in [5, 5.41) is 15.0. The Labute approximate surface area is 169 Å². The third-order valence-electron chi connectivity index (χ3n) is 4.55. The Balaban J connectivity index is 1.90. The maximum Gasteiger partial charge on any atom is 0.301 e. The molecule has 0 bridgehead atoms. The first-order valence-electron chi connectivity index (χ1n) is 8.42. The summed E-state index contributed by atoms with van der Waals surface area (Å²) >= 11 is 2.69. The second-order valence-corrected chi connectivity index (χ2v) is 8.04. The Hall–Kier alpha value is -2.97. The van der Waals surface area contributed by atoms with Gasteiger partial charge in [0.05, 0.1) is 12.7 Å². The summed E-state index contributed by atoms with van der Waals surface area (Å²) in [5.74, 6) is -0.948. The largest absolute Gasteiger partial charge is 0.507 e. The zero-order chi connectivity index (χ0) is 19.8. The zero-order valence-corrected chi connectivity index (χ0v) is 16.7. The molecule has 0 radical (unpaired) electrons. The molecular weight excluding hydrogens is 396 g/mol. The van der Waals surface area contributed by atoms with Crippen molar-refractivity contribution in [2.75, 3.05) is 12.0 Å². The minimum atomic E-state index is -0.723. The lowest BCUT2D eigenvalue weighted by Gasteiger charge is -2.21. The van der Waals surface area contributed by atoms with E-state index in [9.17, 15) is 14.7 Å². The molecular formula is C20H16N2O4S2. The van der Waals surface area contributed by atoms with E-state index in [-0.39, 0.29) is 11.3 Å². The van der Waals surface area contributed by atoms with Gasteiger partial charge >= 0.3 is 5.91 Å². The molecule has 1 aliphatic rings. The number of Topliss-reactive ketones (excluding diaryl/α,β-unsaturated/α-hetero) is 1. The van der Waals surface area contributed by atoms with E-state index >= 15 is 0 Å². The molecule has 1 fully saturated rings. The topological polar surface area (TPSA) is 79.7 Å². The quantitative estimate of drug-likeness (QED) is 0.396. The van der Waals surface area contributed by atoms with Crippen molar-refractivity contribution in [3.05, 3.63) is 68.9 Å². The maximum atomic E-state index is 12.9. The Bertz CT molecular complexity index is 1070.